The van der Waals surface area contributed by atoms with E-state index in [4.69, 9.17) is 15.5 Å². The fourth-order valence-corrected chi connectivity index (χ4v) is 3.65. The highest BCUT2D eigenvalue weighted by Gasteiger charge is 2.23. The van der Waals surface area contributed by atoms with Gasteiger partial charge in [-0.15, -0.1) is 0 Å². The molecule has 0 aliphatic heterocycles. The zero-order valence-corrected chi connectivity index (χ0v) is 15.3. The fraction of sp³-hybridized carbons (Fsp3) is 0.273. The Morgan fingerprint density at radius 2 is 1.93 bits per heavy atom. The minimum atomic E-state index is -0.0474. The molecule has 2 aromatic carbocycles. The van der Waals surface area contributed by atoms with Gasteiger partial charge in [-0.05, 0) is 43.5 Å². The first-order valence-corrected chi connectivity index (χ1v) is 9.24. The third kappa shape index (κ3) is 3.64. The number of carbonyl (C=O) groups excluding carboxylic acids is 1. The maximum absolute atomic E-state index is 12.4. The Morgan fingerprint density at radius 3 is 2.63 bits per heavy atom. The van der Waals surface area contributed by atoms with Gasteiger partial charge in [0.2, 0.25) is 0 Å². The van der Waals surface area contributed by atoms with E-state index < -0.39 is 0 Å². The predicted molar refractivity (Wildman–Crippen MR) is 107 cm³/mol. The normalized spacial score (nSPS) is 19.2. The monoisotopic (exact) mass is 361 g/mol. The van der Waals surface area contributed by atoms with E-state index in [-0.39, 0.29) is 18.0 Å². The summed E-state index contributed by atoms with van der Waals surface area (Å²) in [5.74, 6) is 0.703. The highest BCUT2D eigenvalue weighted by molar-refractivity contribution is 5.95. The van der Waals surface area contributed by atoms with Gasteiger partial charge in [-0.3, -0.25) is 4.79 Å². The lowest BCUT2D eigenvalue weighted by Crippen LogP contribution is -2.33. The zero-order valence-electron chi connectivity index (χ0n) is 15.3. The van der Waals surface area contributed by atoms with Gasteiger partial charge in [0.1, 0.15) is 11.3 Å². The number of methoxy groups -OCH3 is 1. The molecule has 138 valence electrons. The minimum Gasteiger partial charge on any atom is -0.494 e. The molecule has 1 aliphatic rings. The summed E-state index contributed by atoms with van der Waals surface area (Å²) in [6.45, 7) is 0. The van der Waals surface area contributed by atoms with Crippen molar-refractivity contribution >= 4 is 16.8 Å². The predicted octanol–water partition coefficient (Wildman–Crippen LogP) is 3.52. The first kappa shape index (κ1) is 17.5. The van der Waals surface area contributed by atoms with Gasteiger partial charge in [0.25, 0.3) is 5.91 Å². The summed E-state index contributed by atoms with van der Waals surface area (Å²) in [7, 11) is 1.65. The van der Waals surface area contributed by atoms with Crippen LogP contribution in [0.25, 0.3) is 22.2 Å². The number of aromatic nitrogens is 1. The summed E-state index contributed by atoms with van der Waals surface area (Å²) < 4.78 is 5.42. The highest BCUT2D eigenvalue weighted by Crippen LogP contribution is 2.27. The van der Waals surface area contributed by atoms with Crippen LogP contribution in [0, 0.1) is 0 Å². The number of benzene rings is 2. The maximum Gasteiger partial charge on any atom is 0.251 e. The molecule has 0 spiro atoms. The Morgan fingerprint density at radius 1 is 1.11 bits per heavy atom. The summed E-state index contributed by atoms with van der Waals surface area (Å²) in [6.07, 6.45) is 2.78. The van der Waals surface area contributed by atoms with Crippen LogP contribution < -0.4 is 15.8 Å². The summed E-state index contributed by atoms with van der Waals surface area (Å²) in [4.78, 5) is 17.2. The van der Waals surface area contributed by atoms with Crippen molar-refractivity contribution in [3.8, 4) is 17.0 Å². The van der Waals surface area contributed by atoms with Crippen LogP contribution in [0.3, 0.4) is 0 Å². The van der Waals surface area contributed by atoms with Crippen LogP contribution in [0.4, 0.5) is 0 Å². The summed E-state index contributed by atoms with van der Waals surface area (Å²) in [6, 6.07) is 17.8. The van der Waals surface area contributed by atoms with Gasteiger partial charge >= 0.3 is 0 Å². The maximum atomic E-state index is 12.4. The second-order valence-corrected chi connectivity index (χ2v) is 7.05. The van der Waals surface area contributed by atoms with Crippen LogP contribution in [0.2, 0.25) is 0 Å². The van der Waals surface area contributed by atoms with E-state index in [0.29, 0.717) is 5.56 Å². The molecule has 2 atom stereocenters. The standard InChI is InChI=1S/C22H23N3O2/c1-27-20-4-2-3-15-9-12-19(25-21(15)20)14-5-7-16(8-6-14)22(26)24-18-11-10-17(23)13-18/h2-9,12,17-18H,10-11,13,23H2,1H3,(H,24,26)/t17-,18+/m1/s1. The van der Waals surface area contributed by atoms with Crippen LogP contribution in [-0.4, -0.2) is 30.1 Å². The lowest BCUT2D eigenvalue weighted by atomic mass is 10.1. The van der Waals surface area contributed by atoms with Crippen molar-refractivity contribution in [1.82, 2.24) is 10.3 Å². The topological polar surface area (TPSA) is 77.2 Å². The van der Waals surface area contributed by atoms with Crippen molar-refractivity contribution in [2.75, 3.05) is 7.11 Å². The smallest absolute Gasteiger partial charge is 0.251 e. The lowest BCUT2D eigenvalue weighted by Gasteiger charge is -2.12. The molecule has 0 bridgehead atoms. The van der Waals surface area contributed by atoms with Crippen molar-refractivity contribution in [2.24, 2.45) is 5.73 Å². The number of carbonyl (C=O) groups is 1. The van der Waals surface area contributed by atoms with Crippen molar-refractivity contribution < 1.29 is 9.53 Å². The first-order valence-electron chi connectivity index (χ1n) is 9.24. The first-order chi connectivity index (χ1) is 13.1. The van der Waals surface area contributed by atoms with Crippen LogP contribution in [-0.2, 0) is 0 Å². The van der Waals surface area contributed by atoms with E-state index in [9.17, 15) is 4.79 Å². The second-order valence-electron chi connectivity index (χ2n) is 7.05. The van der Waals surface area contributed by atoms with Gasteiger partial charge in [0.15, 0.2) is 0 Å². The van der Waals surface area contributed by atoms with Crippen LogP contribution in [0.5, 0.6) is 5.75 Å². The molecular weight excluding hydrogens is 338 g/mol. The Hall–Kier alpha value is -2.92. The van der Waals surface area contributed by atoms with Gasteiger partial charge in [0.05, 0.1) is 12.8 Å². The van der Waals surface area contributed by atoms with Crippen molar-refractivity contribution in [2.45, 2.75) is 31.3 Å². The molecule has 0 saturated heterocycles. The van der Waals surface area contributed by atoms with Gasteiger partial charge in [0, 0.05) is 28.6 Å². The van der Waals surface area contributed by atoms with Crippen LogP contribution in [0.15, 0.2) is 54.6 Å². The number of nitrogens with one attached hydrogen (secondary N) is 1. The van der Waals surface area contributed by atoms with Crippen molar-refractivity contribution in [3.05, 3.63) is 60.2 Å². The molecule has 0 unspecified atom stereocenters. The quantitative estimate of drug-likeness (QED) is 0.745. The van der Waals surface area contributed by atoms with Gasteiger partial charge < -0.3 is 15.8 Å². The summed E-state index contributed by atoms with van der Waals surface area (Å²) in [5.41, 5.74) is 9.21. The molecule has 5 heteroatoms. The highest BCUT2D eigenvalue weighted by atomic mass is 16.5. The molecule has 1 amide bonds. The van der Waals surface area contributed by atoms with E-state index in [1.807, 2.05) is 54.6 Å². The van der Waals surface area contributed by atoms with E-state index in [1.54, 1.807) is 7.11 Å². The molecule has 4 rings (SSSR count). The van der Waals surface area contributed by atoms with Gasteiger partial charge in [-0.25, -0.2) is 4.98 Å². The number of fused-ring (bicyclic) bond motifs is 1. The third-order valence-electron chi connectivity index (χ3n) is 5.15. The van der Waals surface area contributed by atoms with Crippen LogP contribution in [0.1, 0.15) is 29.6 Å². The number of pyridine rings is 1. The Kier molecular flexibility index (Phi) is 4.77. The molecule has 1 aliphatic carbocycles. The molecule has 3 aromatic rings. The van der Waals surface area contributed by atoms with E-state index in [1.165, 1.54) is 0 Å². The molecule has 1 fully saturated rings. The van der Waals surface area contributed by atoms with E-state index >= 15 is 0 Å². The van der Waals surface area contributed by atoms with E-state index in [2.05, 4.69) is 5.32 Å². The molecule has 1 saturated carbocycles. The number of amides is 1. The Balaban J connectivity index is 1.55. The SMILES string of the molecule is COc1cccc2ccc(-c3ccc(C(=O)N[C@H]4CC[C@@H](N)C4)cc3)nc12. The average molecular weight is 361 g/mol. The molecule has 5 nitrogen and oxygen atoms in total. The van der Waals surface area contributed by atoms with Crippen molar-refractivity contribution in [1.29, 1.82) is 0 Å². The number of ether oxygens (including phenoxy) is 1. The number of nitrogens with two attached hydrogens (primary N) is 1. The second kappa shape index (κ2) is 7.37. The lowest BCUT2D eigenvalue weighted by molar-refractivity contribution is 0.0937. The fourth-order valence-electron chi connectivity index (χ4n) is 3.65. The average Bonchev–Trinajstić information content (AvgIpc) is 3.11. The zero-order chi connectivity index (χ0) is 18.8. The largest absolute Gasteiger partial charge is 0.494 e. The number of hydrogen-bond donors (Lipinski definition) is 2. The van der Waals surface area contributed by atoms with Gasteiger partial charge in [-0.2, -0.15) is 0 Å². The molecule has 0 radical (unpaired) electrons. The van der Waals surface area contributed by atoms with Crippen LogP contribution >= 0.6 is 0 Å². The third-order valence-corrected chi connectivity index (χ3v) is 5.15. The Bertz CT molecular complexity index is 969. The van der Waals surface area contributed by atoms with Crippen molar-refractivity contribution in [3.63, 3.8) is 0 Å². The summed E-state index contributed by atoms with van der Waals surface area (Å²) in [5, 5.41) is 4.10. The molecule has 1 heterocycles. The number of para-hydroxylation sites is 1. The minimum absolute atomic E-state index is 0.0474. The summed E-state index contributed by atoms with van der Waals surface area (Å²) >= 11 is 0. The molecule has 3 N–H and O–H groups in total. The Labute approximate surface area is 158 Å². The number of hydrogen-bond acceptors (Lipinski definition) is 4. The molecule has 1 aromatic heterocycles. The molecule has 27 heavy (non-hydrogen) atoms. The van der Waals surface area contributed by atoms with E-state index in [0.717, 1.165) is 47.2 Å². The molecular formula is C22H23N3O2. The number of nitrogens with zero attached hydrogens (tertiary/aromatic N) is 1. The number of rotatable bonds is 4. The van der Waals surface area contributed by atoms with Gasteiger partial charge in [-0.1, -0.05) is 30.3 Å².